The van der Waals surface area contributed by atoms with Crippen LogP contribution in [0.5, 0.6) is 0 Å². The predicted octanol–water partition coefficient (Wildman–Crippen LogP) is 2.82. The summed E-state index contributed by atoms with van der Waals surface area (Å²) in [6, 6.07) is 8.52. The SMILES string of the molecule is CC(C)c1ccc(CNC(=O)CC2CCCNC2)cc1. The number of rotatable bonds is 5. The lowest BCUT2D eigenvalue weighted by Crippen LogP contribution is -2.34. The van der Waals surface area contributed by atoms with Gasteiger partial charge in [-0.15, -0.1) is 0 Å². The summed E-state index contributed by atoms with van der Waals surface area (Å²) in [4.78, 5) is 11.9. The highest BCUT2D eigenvalue weighted by atomic mass is 16.1. The molecule has 1 unspecified atom stereocenters. The first-order valence-electron chi connectivity index (χ1n) is 7.71. The molecule has 0 radical (unpaired) electrons. The van der Waals surface area contributed by atoms with Crippen molar-refractivity contribution in [3.8, 4) is 0 Å². The third-order valence-corrected chi connectivity index (χ3v) is 4.01. The Labute approximate surface area is 122 Å². The van der Waals surface area contributed by atoms with Crippen LogP contribution in [-0.4, -0.2) is 19.0 Å². The fraction of sp³-hybridized carbons (Fsp3) is 0.588. The summed E-state index contributed by atoms with van der Waals surface area (Å²) in [5, 5.41) is 6.38. The first-order chi connectivity index (χ1) is 9.65. The highest BCUT2D eigenvalue weighted by Gasteiger charge is 2.16. The van der Waals surface area contributed by atoms with Crippen LogP contribution in [-0.2, 0) is 11.3 Å². The fourth-order valence-corrected chi connectivity index (χ4v) is 2.65. The first kappa shape index (κ1) is 15.0. The summed E-state index contributed by atoms with van der Waals surface area (Å²) >= 11 is 0. The maximum Gasteiger partial charge on any atom is 0.220 e. The van der Waals surface area contributed by atoms with Crippen LogP contribution >= 0.6 is 0 Å². The van der Waals surface area contributed by atoms with Gasteiger partial charge in [0.1, 0.15) is 0 Å². The molecule has 1 aliphatic rings. The zero-order valence-electron chi connectivity index (χ0n) is 12.6. The van der Waals surface area contributed by atoms with Gasteiger partial charge < -0.3 is 10.6 Å². The Kier molecular flexibility index (Phi) is 5.60. The quantitative estimate of drug-likeness (QED) is 0.867. The van der Waals surface area contributed by atoms with Gasteiger partial charge in [0.15, 0.2) is 0 Å². The van der Waals surface area contributed by atoms with Gasteiger partial charge in [-0.2, -0.15) is 0 Å². The molecule has 20 heavy (non-hydrogen) atoms. The molecule has 0 aromatic heterocycles. The zero-order valence-corrected chi connectivity index (χ0v) is 12.6. The molecular weight excluding hydrogens is 248 g/mol. The summed E-state index contributed by atoms with van der Waals surface area (Å²) < 4.78 is 0. The Hall–Kier alpha value is -1.35. The second-order valence-electron chi connectivity index (χ2n) is 6.09. The molecule has 0 saturated carbocycles. The average Bonchev–Trinajstić information content (AvgIpc) is 2.46. The number of nitrogens with one attached hydrogen (secondary N) is 2. The second kappa shape index (κ2) is 7.44. The minimum Gasteiger partial charge on any atom is -0.352 e. The van der Waals surface area contributed by atoms with Crippen LogP contribution < -0.4 is 10.6 Å². The largest absolute Gasteiger partial charge is 0.352 e. The van der Waals surface area contributed by atoms with Crippen LogP contribution in [0.1, 0.15) is 50.2 Å². The van der Waals surface area contributed by atoms with Gasteiger partial charge in [0, 0.05) is 13.0 Å². The van der Waals surface area contributed by atoms with Crippen LogP contribution in [0.2, 0.25) is 0 Å². The van der Waals surface area contributed by atoms with Gasteiger partial charge >= 0.3 is 0 Å². The maximum absolute atomic E-state index is 11.9. The average molecular weight is 274 g/mol. The van der Waals surface area contributed by atoms with Crippen molar-refractivity contribution in [2.75, 3.05) is 13.1 Å². The molecule has 0 aliphatic carbocycles. The predicted molar refractivity (Wildman–Crippen MR) is 82.6 cm³/mol. The van der Waals surface area contributed by atoms with Gasteiger partial charge in [-0.05, 0) is 48.9 Å². The lowest BCUT2D eigenvalue weighted by molar-refractivity contribution is -0.122. The van der Waals surface area contributed by atoms with Crippen molar-refractivity contribution in [2.45, 2.75) is 45.6 Å². The van der Waals surface area contributed by atoms with Crippen molar-refractivity contribution in [1.29, 1.82) is 0 Å². The van der Waals surface area contributed by atoms with E-state index >= 15 is 0 Å². The molecule has 1 atom stereocenters. The Bertz CT molecular complexity index is 419. The molecule has 1 fully saturated rings. The van der Waals surface area contributed by atoms with E-state index in [1.165, 1.54) is 24.0 Å². The van der Waals surface area contributed by atoms with E-state index in [2.05, 4.69) is 48.7 Å². The smallest absolute Gasteiger partial charge is 0.220 e. The number of benzene rings is 1. The topological polar surface area (TPSA) is 41.1 Å². The van der Waals surface area contributed by atoms with Gasteiger partial charge in [-0.25, -0.2) is 0 Å². The van der Waals surface area contributed by atoms with Gasteiger partial charge in [0.05, 0.1) is 0 Å². The van der Waals surface area contributed by atoms with Crippen molar-refractivity contribution < 1.29 is 4.79 Å². The van der Waals surface area contributed by atoms with Crippen molar-refractivity contribution in [2.24, 2.45) is 5.92 Å². The normalized spacial score (nSPS) is 19.1. The molecule has 1 aromatic carbocycles. The van der Waals surface area contributed by atoms with E-state index in [9.17, 15) is 4.79 Å². The molecule has 2 N–H and O–H groups in total. The van der Waals surface area contributed by atoms with Crippen LogP contribution in [0.15, 0.2) is 24.3 Å². The molecule has 0 bridgehead atoms. The van der Waals surface area contributed by atoms with E-state index in [4.69, 9.17) is 0 Å². The monoisotopic (exact) mass is 274 g/mol. The fourth-order valence-electron chi connectivity index (χ4n) is 2.65. The number of hydrogen-bond donors (Lipinski definition) is 2. The Balaban J connectivity index is 1.74. The third-order valence-electron chi connectivity index (χ3n) is 4.01. The Morgan fingerprint density at radius 1 is 1.35 bits per heavy atom. The molecular formula is C17H26N2O. The van der Waals surface area contributed by atoms with E-state index in [0.717, 1.165) is 13.1 Å². The summed E-state index contributed by atoms with van der Waals surface area (Å²) in [5.74, 6) is 1.23. The first-order valence-corrected chi connectivity index (χ1v) is 7.71. The molecule has 3 heteroatoms. The maximum atomic E-state index is 11.9. The molecule has 1 aromatic rings. The number of carbonyl (C=O) groups is 1. The van der Waals surface area contributed by atoms with E-state index in [1.54, 1.807) is 0 Å². The van der Waals surface area contributed by atoms with Crippen LogP contribution in [0.4, 0.5) is 0 Å². The van der Waals surface area contributed by atoms with E-state index in [0.29, 0.717) is 24.8 Å². The van der Waals surface area contributed by atoms with Gasteiger partial charge in [-0.3, -0.25) is 4.79 Å². The minimum absolute atomic E-state index is 0.173. The summed E-state index contributed by atoms with van der Waals surface area (Å²) in [5.41, 5.74) is 2.51. The molecule has 0 spiro atoms. The molecule has 1 heterocycles. The highest BCUT2D eigenvalue weighted by molar-refractivity contribution is 5.76. The molecule has 1 saturated heterocycles. The second-order valence-corrected chi connectivity index (χ2v) is 6.09. The lowest BCUT2D eigenvalue weighted by atomic mass is 9.96. The highest BCUT2D eigenvalue weighted by Crippen LogP contribution is 2.15. The standard InChI is InChI=1S/C17H26N2O/c1-13(2)16-7-5-14(6-8-16)12-19-17(20)10-15-4-3-9-18-11-15/h5-8,13,15,18H,3-4,9-12H2,1-2H3,(H,19,20). The summed E-state index contributed by atoms with van der Waals surface area (Å²) in [6.07, 6.45) is 3.01. The number of hydrogen-bond acceptors (Lipinski definition) is 2. The van der Waals surface area contributed by atoms with E-state index < -0.39 is 0 Å². The Morgan fingerprint density at radius 3 is 2.70 bits per heavy atom. The number of piperidine rings is 1. The van der Waals surface area contributed by atoms with Gasteiger partial charge in [-0.1, -0.05) is 38.1 Å². The molecule has 1 amide bonds. The van der Waals surface area contributed by atoms with Crippen LogP contribution in [0, 0.1) is 5.92 Å². The van der Waals surface area contributed by atoms with Gasteiger partial charge in [0.25, 0.3) is 0 Å². The van der Waals surface area contributed by atoms with Gasteiger partial charge in [0.2, 0.25) is 5.91 Å². The van der Waals surface area contributed by atoms with Crippen molar-refractivity contribution in [1.82, 2.24) is 10.6 Å². The molecule has 110 valence electrons. The van der Waals surface area contributed by atoms with Crippen molar-refractivity contribution >= 4 is 5.91 Å². The minimum atomic E-state index is 0.173. The number of amides is 1. The molecule has 1 aliphatic heterocycles. The number of carbonyl (C=O) groups excluding carboxylic acids is 1. The van der Waals surface area contributed by atoms with E-state index in [1.807, 2.05) is 0 Å². The van der Waals surface area contributed by atoms with E-state index in [-0.39, 0.29) is 5.91 Å². The van der Waals surface area contributed by atoms with Crippen LogP contribution in [0.3, 0.4) is 0 Å². The Morgan fingerprint density at radius 2 is 2.10 bits per heavy atom. The van der Waals surface area contributed by atoms with Crippen LogP contribution in [0.25, 0.3) is 0 Å². The lowest BCUT2D eigenvalue weighted by Gasteiger charge is -2.22. The molecule has 2 rings (SSSR count). The van der Waals surface area contributed by atoms with Crippen molar-refractivity contribution in [3.05, 3.63) is 35.4 Å². The molecule has 3 nitrogen and oxygen atoms in total. The third kappa shape index (κ3) is 4.64. The summed E-state index contributed by atoms with van der Waals surface area (Å²) in [6.45, 7) is 7.10. The zero-order chi connectivity index (χ0) is 14.4. The summed E-state index contributed by atoms with van der Waals surface area (Å²) in [7, 11) is 0. The van der Waals surface area contributed by atoms with Crippen molar-refractivity contribution in [3.63, 3.8) is 0 Å².